The van der Waals surface area contributed by atoms with Gasteiger partial charge in [0.25, 0.3) is 0 Å². The number of aryl methyl sites for hydroxylation is 1. The molecule has 1 unspecified atom stereocenters. The molecule has 14 heavy (non-hydrogen) atoms. The van der Waals surface area contributed by atoms with Gasteiger partial charge in [-0.25, -0.2) is 0 Å². The van der Waals surface area contributed by atoms with Crippen LogP contribution >= 0.6 is 11.3 Å². The monoisotopic (exact) mass is 207 g/mol. The van der Waals surface area contributed by atoms with Gasteiger partial charge in [0.05, 0.1) is 6.04 Å². The summed E-state index contributed by atoms with van der Waals surface area (Å²) in [5.74, 6) is 2.73. The van der Waals surface area contributed by atoms with Gasteiger partial charge in [-0.2, -0.15) is 0 Å². The number of rotatable bonds is 5. The van der Waals surface area contributed by atoms with Gasteiger partial charge >= 0.3 is 0 Å². The van der Waals surface area contributed by atoms with Crippen molar-refractivity contribution in [3.05, 3.63) is 21.9 Å². The van der Waals surface area contributed by atoms with Crippen molar-refractivity contribution in [2.24, 2.45) is 0 Å². The third kappa shape index (κ3) is 3.17. The van der Waals surface area contributed by atoms with E-state index in [0.29, 0.717) is 6.04 Å². The highest BCUT2D eigenvalue weighted by molar-refractivity contribution is 7.12. The summed E-state index contributed by atoms with van der Waals surface area (Å²) < 4.78 is 0. The molecule has 0 fully saturated rings. The van der Waals surface area contributed by atoms with Crippen LogP contribution in [0.2, 0.25) is 0 Å². The van der Waals surface area contributed by atoms with Crippen LogP contribution in [0.25, 0.3) is 0 Å². The van der Waals surface area contributed by atoms with Crippen molar-refractivity contribution in [1.82, 2.24) is 5.32 Å². The highest BCUT2D eigenvalue weighted by Gasteiger charge is 2.10. The number of thiophene rings is 1. The Bertz CT molecular complexity index is 308. The van der Waals surface area contributed by atoms with Crippen LogP contribution in [0.5, 0.6) is 0 Å². The van der Waals surface area contributed by atoms with E-state index in [1.54, 1.807) is 0 Å². The first-order valence-electron chi connectivity index (χ1n) is 5.01. The van der Waals surface area contributed by atoms with Crippen LogP contribution in [0.4, 0.5) is 0 Å². The largest absolute Gasteiger partial charge is 0.308 e. The van der Waals surface area contributed by atoms with Crippen LogP contribution in [-0.4, -0.2) is 6.54 Å². The molecule has 1 aromatic heterocycles. The lowest BCUT2D eigenvalue weighted by molar-refractivity contribution is 0.550. The van der Waals surface area contributed by atoms with Gasteiger partial charge in [0, 0.05) is 16.2 Å². The maximum atomic E-state index is 5.36. The Kier molecular flexibility index (Phi) is 4.72. The minimum absolute atomic E-state index is 0.346. The van der Waals surface area contributed by atoms with Gasteiger partial charge < -0.3 is 5.32 Å². The molecule has 1 atom stereocenters. The predicted octanol–water partition coefficient (Wildman–Crippen LogP) is 3.12. The summed E-state index contributed by atoms with van der Waals surface area (Å²) in [4.78, 5) is 2.70. The molecule has 0 bridgehead atoms. The van der Waals surface area contributed by atoms with E-state index < -0.39 is 0 Å². The Balaban J connectivity index is 2.63. The fraction of sp³-hybridized carbons (Fsp3) is 0.500. The van der Waals surface area contributed by atoms with E-state index in [2.05, 4.69) is 37.2 Å². The predicted molar refractivity (Wildman–Crippen MR) is 63.5 cm³/mol. The van der Waals surface area contributed by atoms with Gasteiger partial charge in [-0.3, -0.25) is 0 Å². The van der Waals surface area contributed by atoms with E-state index in [4.69, 9.17) is 6.42 Å². The highest BCUT2D eigenvalue weighted by atomic mass is 32.1. The van der Waals surface area contributed by atoms with Gasteiger partial charge in [0.15, 0.2) is 0 Å². The Labute approximate surface area is 90.5 Å². The van der Waals surface area contributed by atoms with E-state index in [0.717, 1.165) is 19.4 Å². The van der Waals surface area contributed by atoms with Crippen LogP contribution < -0.4 is 5.32 Å². The van der Waals surface area contributed by atoms with Crippen molar-refractivity contribution < 1.29 is 0 Å². The second-order valence-corrected chi connectivity index (χ2v) is 4.68. The van der Waals surface area contributed by atoms with Crippen LogP contribution in [0, 0.1) is 19.3 Å². The standard InChI is InChI=1S/C12H17NS/c1-4-6-11(13-9-5-2)12-8-7-10(3)14-12/h1,7-8,11,13H,5-6,9H2,2-3H3. The average molecular weight is 207 g/mol. The summed E-state index contributed by atoms with van der Waals surface area (Å²) in [6.07, 6.45) is 7.28. The molecule has 0 aliphatic carbocycles. The SMILES string of the molecule is C#CCC(NCCC)c1ccc(C)s1. The van der Waals surface area contributed by atoms with Crippen LogP contribution in [0.15, 0.2) is 12.1 Å². The highest BCUT2D eigenvalue weighted by Crippen LogP contribution is 2.24. The lowest BCUT2D eigenvalue weighted by Crippen LogP contribution is -2.20. The lowest BCUT2D eigenvalue weighted by Gasteiger charge is -2.13. The first-order chi connectivity index (χ1) is 6.77. The number of nitrogens with one attached hydrogen (secondary N) is 1. The van der Waals surface area contributed by atoms with Crippen LogP contribution in [0.3, 0.4) is 0 Å². The van der Waals surface area contributed by atoms with Gasteiger partial charge in [-0.15, -0.1) is 23.7 Å². The Morgan fingerprint density at radius 3 is 2.86 bits per heavy atom. The van der Waals surface area contributed by atoms with E-state index >= 15 is 0 Å². The summed E-state index contributed by atoms with van der Waals surface area (Å²) in [7, 11) is 0. The van der Waals surface area contributed by atoms with Crippen molar-refractivity contribution in [3.8, 4) is 12.3 Å². The molecule has 1 aromatic rings. The molecule has 2 heteroatoms. The number of hydrogen-bond donors (Lipinski definition) is 1. The summed E-state index contributed by atoms with van der Waals surface area (Å²) in [6.45, 7) is 5.32. The molecular formula is C12H17NS. The lowest BCUT2D eigenvalue weighted by atomic mass is 10.1. The van der Waals surface area contributed by atoms with Crippen LogP contribution in [-0.2, 0) is 0 Å². The molecule has 0 aliphatic rings. The van der Waals surface area contributed by atoms with Gasteiger partial charge in [-0.1, -0.05) is 6.92 Å². The molecule has 0 spiro atoms. The topological polar surface area (TPSA) is 12.0 Å². The molecule has 1 N–H and O–H groups in total. The molecule has 0 aliphatic heterocycles. The molecule has 0 saturated heterocycles. The fourth-order valence-corrected chi connectivity index (χ4v) is 2.30. The molecule has 0 aromatic carbocycles. The van der Waals surface area contributed by atoms with Gasteiger partial charge in [0.2, 0.25) is 0 Å². The van der Waals surface area contributed by atoms with E-state index in [9.17, 15) is 0 Å². The van der Waals surface area contributed by atoms with Crippen LogP contribution in [0.1, 0.15) is 35.6 Å². The van der Waals surface area contributed by atoms with Crippen molar-refractivity contribution in [3.63, 3.8) is 0 Å². The number of hydrogen-bond acceptors (Lipinski definition) is 2. The zero-order valence-electron chi connectivity index (χ0n) is 8.84. The van der Waals surface area contributed by atoms with E-state index in [1.807, 2.05) is 11.3 Å². The zero-order chi connectivity index (χ0) is 10.4. The quantitative estimate of drug-likeness (QED) is 0.731. The summed E-state index contributed by atoms with van der Waals surface area (Å²) in [6, 6.07) is 4.67. The Hall–Kier alpha value is -0.780. The maximum absolute atomic E-state index is 5.36. The van der Waals surface area contributed by atoms with Gasteiger partial charge in [-0.05, 0) is 32.0 Å². The smallest absolute Gasteiger partial charge is 0.0525 e. The fourth-order valence-electron chi connectivity index (χ4n) is 1.35. The Morgan fingerprint density at radius 1 is 1.57 bits per heavy atom. The first kappa shape index (κ1) is 11.3. The third-order valence-electron chi connectivity index (χ3n) is 2.07. The second kappa shape index (κ2) is 5.85. The first-order valence-corrected chi connectivity index (χ1v) is 5.82. The third-order valence-corrected chi connectivity index (χ3v) is 3.18. The summed E-state index contributed by atoms with van der Waals surface area (Å²) in [5.41, 5.74) is 0. The number of terminal acetylenes is 1. The van der Waals surface area contributed by atoms with Crippen molar-refractivity contribution in [1.29, 1.82) is 0 Å². The molecule has 1 rings (SSSR count). The van der Waals surface area contributed by atoms with Gasteiger partial charge in [0.1, 0.15) is 0 Å². The molecule has 1 nitrogen and oxygen atoms in total. The molecule has 1 heterocycles. The second-order valence-electron chi connectivity index (χ2n) is 3.36. The van der Waals surface area contributed by atoms with Crippen molar-refractivity contribution >= 4 is 11.3 Å². The zero-order valence-corrected chi connectivity index (χ0v) is 9.66. The molecular weight excluding hydrogens is 190 g/mol. The summed E-state index contributed by atoms with van der Waals surface area (Å²) in [5, 5.41) is 3.47. The molecule has 0 saturated carbocycles. The maximum Gasteiger partial charge on any atom is 0.0525 e. The van der Waals surface area contributed by atoms with E-state index in [-0.39, 0.29) is 0 Å². The Morgan fingerprint density at radius 2 is 2.36 bits per heavy atom. The average Bonchev–Trinajstić information content (AvgIpc) is 2.59. The molecule has 0 amide bonds. The van der Waals surface area contributed by atoms with Crippen molar-refractivity contribution in [2.75, 3.05) is 6.54 Å². The van der Waals surface area contributed by atoms with Crippen molar-refractivity contribution in [2.45, 2.75) is 32.7 Å². The normalized spacial score (nSPS) is 12.4. The summed E-state index contributed by atoms with van der Waals surface area (Å²) >= 11 is 1.83. The van der Waals surface area contributed by atoms with E-state index in [1.165, 1.54) is 9.75 Å². The molecule has 0 radical (unpaired) electrons. The minimum Gasteiger partial charge on any atom is -0.308 e. The molecule has 76 valence electrons. The minimum atomic E-state index is 0.346.